The maximum Gasteiger partial charge on any atom is 0.0446 e. The molecule has 1 aromatic rings. The van der Waals surface area contributed by atoms with Crippen LogP contribution in [-0.2, 0) is 6.54 Å². The van der Waals surface area contributed by atoms with Gasteiger partial charge in [-0.3, -0.25) is 4.98 Å². The quantitative estimate of drug-likeness (QED) is 0.847. The molecule has 1 aliphatic heterocycles. The zero-order valence-electron chi connectivity index (χ0n) is 10.8. The first-order valence-corrected chi connectivity index (χ1v) is 6.37. The summed E-state index contributed by atoms with van der Waals surface area (Å²) in [5.74, 6) is 0. The molecule has 94 valence electrons. The molecule has 0 amide bonds. The Balaban J connectivity index is 2.14. The fraction of sp³-hybridized carbons (Fsp3) is 0.615. The van der Waals surface area contributed by atoms with Gasteiger partial charge in [0, 0.05) is 55.9 Å². The second-order valence-corrected chi connectivity index (χ2v) is 4.58. The molecular weight excluding hydrogens is 212 g/mol. The second kappa shape index (κ2) is 5.47. The highest BCUT2D eigenvalue weighted by molar-refractivity contribution is 5.54. The molecule has 0 unspecified atom stereocenters. The summed E-state index contributed by atoms with van der Waals surface area (Å²) < 4.78 is 0. The van der Waals surface area contributed by atoms with E-state index in [1.54, 1.807) is 0 Å². The van der Waals surface area contributed by atoms with Crippen molar-refractivity contribution < 1.29 is 0 Å². The maximum atomic E-state index is 5.78. The number of likely N-dealkylation sites (N-methyl/N-ethyl adjacent to an activating group) is 1. The van der Waals surface area contributed by atoms with Gasteiger partial charge in [-0.2, -0.15) is 0 Å². The molecule has 0 bridgehead atoms. The van der Waals surface area contributed by atoms with Gasteiger partial charge in [0.25, 0.3) is 0 Å². The zero-order valence-corrected chi connectivity index (χ0v) is 10.8. The Kier molecular flexibility index (Phi) is 3.97. The van der Waals surface area contributed by atoms with Gasteiger partial charge in [0.15, 0.2) is 0 Å². The van der Waals surface area contributed by atoms with Gasteiger partial charge in [-0.15, -0.1) is 0 Å². The predicted molar refractivity (Wildman–Crippen MR) is 71.2 cm³/mol. The molecule has 2 rings (SSSR count). The fourth-order valence-corrected chi connectivity index (χ4v) is 2.33. The summed E-state index contributed by atoms with van der Waals surface area (Å²) in [6.45, 7) is 10.4. The number of aromatic nitrogens is 1. The fourth-order valence-electron chi connectivity index (χ4n) is 2.33. The number of aryl methyl sites for hydroxylation is 1. The maximum absolute atomic E-state index is 5.78. The highest BCUT2D eigenvalue weighted by atomic mass is 15.3. The van der Waals surface area contributed by atoms with Gasteiger partial charge in [0.05, 0.1) is 0 Å². The standard InChI is InChI=1S/C13H22N4/c1-3-16-4-6-17(7-5-16)13-8-11(2)15-10-12(13)9-14/h8,10H,3-7,9,14H2,1-2H3. The number of pyridine rings is 1. The molecule has 0 spiro atoms. The lowest BCUT2D eigenvalue weighted by molar-refractivity contribution is 0.271. The molecule has 0 radical (unpaired) electrons. The van der Waals surface area contributed by atoms with E-state index in [4.69, 9.17) is 5.73 Å². The summed E-state index contributed by atoms with van der Waals surface area (Å²) in [6.07, 6.45) is 1.91. The Morgan fingerprint density at radius 2 is 2.00 bits per heavy atom. The number of hydrogen-bond acceptors (Lipinski definition) is 4. The van der Waals surface area contributed by atoms with Gasteiger partial charge >= 0.3 is 0 Å². The van der Waals surface area contributed by atoms with Crippen LogP contribution in [0.5, 0.6) is 0 Å². The molecule has 2 N–H and O–H groups in total. The van der Waals surface area contributed by atoms with Crippen molar-refractivity contribution in [3.05, 3.63) is 23.5 Å². The molecule has 1 aromatic heterocycles. The summed E-state index contributed by atoms with van der Waals surface area (Å²) in [4.78, 5) is 9.23. The van der Waals surface area contributed by atoms with E-state index in [-0.39, 0.29) is 0 Å². The predicted octanol–water partition coefficient (Wildman–Crippen LogP) is 0.991. The van der Waals surface area contributed by atoms with Crippen LogP contribution in [0, 0.1) is 6.92 Å². The molecule has 0 saturated carbocycles. The first kappa shape index (κ1) is 12.3. The normalized spacial score (nSPS) is 17.5. The molecule has 1 aliphatic rings. The van der Waals surface area contributed by atoms with Crippen LogP contribution in [-0.4, -0.2) is 42.6 Å². The smallest absolute Gasteiger partial charge is 0.0446 e. The van der Waals surface area contributed by atoms with Crippen molar-refractivity contribution in [1.82, 2.24) is 9.88 Å². The van der Waals surface area contributed by atoms with E-state index in [1.165, 1.54) is 5.69 Å². The van der Waals surface area contributed by atoms with Crippen LogP contribution in [0.2, 0.25) is 0 Å². The average molecular weight is 234 g/mol. The number of piperazine rings is 1. The molecule has 0 aliphatic carbocycles. The summed E-state index contributed by atoms with van der Waals surface area (Å²) >= 11 is 0. The third-order valence-corrected chi connectivity index (χ3v) is 3.48. The monoisotopic (exact) mass is 234 g/mol. The second-order valence-electron chi connectivity index (χ2n) is 4.58. The molecule has 4 heteroatoms. The minimum Gasteiger partial charge on any atom is -0.369 e. The van der Waals surface area contributed by atoms with E-state index in [2.05, 4.69) is 27.8 Å². The Hall–Kier alpha value is -1.13. The van der Waals surface area contributed by atoms with Crippen LogP contribution < -0.4 is 10.6 Å². The van der Waals surface area contributed by atoms with Crippen LogP contribution >= 0.6 is 0 Å². The average Bonchev–Trinajstić information content (AvgIpc) is 2.39. The summed E-state index contributed by atoms with van der Waals surface area (Å²) in [7, 11) is 0. The first-order chi connectivity index (χ1) is 8.24. The van der Waals surface area contributed by atoms with Gasteiger partial charge in [0.2, 0.25) is 0 Å². The summed E-state index contributed by atoms with van der Waals surface area (Å²) in [5, 5.41) is 0. The number of nitrogens with zero attached hydrogens (tertiary/aromatic N) is 3. The number of anilines is 1. The van der Waals surface area contributed by atoms with Crippen molar-refractivity contribution in [3.8, 4) is 0 Å². The van der Waals surface area contributed by atoms with Gasteiger partial charge < -0.3 is 15.5 Å². The molecule has 2 heterocycles. The van der Waals surface area contributed by atoms with Gasteiger partial charge in [0.1, 0.15) is 0 Å². The molecule has 0 aromatic carbocycles. The third kappa shape index (κ3) is 2.76. The molecule has 1 saturated heterocycles. The van der Waals surface area contributed by atoms with Crippen molar-refractivity contribution in [2.75, 3.05) is 37.6 Å². The summed E-state index contributed by atoms with van der Waals surface area (Å²) in [6, 6.07) is 2.16. The van der Waals surface area contributed by atoms with Crippen molar-refractivity contribution in [2.45, 2.75) is 20.4 Å². The van der Waals surface area contributed by atoms with Crippen molar-refractivity contribution in [3.63, 3.8) is 0 Å². The van der Waals surface area contributed by atoms with E-state index in [1.807, 2.05) is 13.1 Å². The van der Waals surface area contributed by atoms with E-state index < -0.39 is 0 Å². The van der Waals surface area contributed by atoms with Gasteiger partial charge in [-0.1, -0.05) is 6.92 Å². The van der Waals surface area contributed by atoms with Crippen LogP contribution in [0.1, 0.15) is 18.2 Å². The molecule has 0 atom stereocenters. The third-order valence-electron chi connectivity index (χ3n) is 3.48. The molecule has 1 fully saturated rings. The Labute approximate surface area is 103 Å². The van der Waals surface area contributed by atoms with E-state index in [9.17, 15) is 0 Å². The highest BCUT2D eigenvalue weighted by Crippen LogP contribution is 2.21. The van der Waals surface area contributed by atoms with Crippen LogP contribution in [0.25, 0.3) is 0 Å². The zero-order chi connectivity index (χ0) is 12.3. The molecule has 4 nitrogen and oxygen atoms in total. The SMILES string of the molecule is CCN1CCN(c2cc(C)ncc2CN)CC1. The minimum atomic E-state index is 0.566. The Bertz CT molecular complexity index is 370. The lowest BCUT2D eigenvalue weighted by atomic mass is 10.1. The van der Waals surface area contributed by atoms with Crippen LogP contribution in [0.4, 0.5) is 5.69 Å². The van der Waals surface area contributed by atoms with Gasteiger partial charge in [-0.05, 0) is 19.5 Å². The van der Waals surface area contributed by atoms with Crippen molar-refractivity contribution in [1.29, 1.82) is 0 Å². The summed E-state index contributed by atoms with van der Waals surface area (Å²) in [5.41, 5.74) is 9.28. The Morgan fingerprint density at radius 3 is 2.59 bits per heavy atom. The van der Waals surface area contributed by atoms with Crippen molar-refractivity contribution >= 4 is 5.69 Å². The van der Waals surface area contributed by atoms with Crippen LogP contribution in [0.15, 0.2) is 12.3 Å². The number of rotatable bonds is 3. The van der Waals surface area contributed by atoms with E-state index in [0.717, 1.165) is 44.0 Å². The molecule has 17 heavy (non-hydrogen) atoms. The topological polar surface area (TPSA) is 45.4 Å². The van der Waals surface area contributed by atoms with Gasteiger partial charge in [-0.25, -0.2) is 0 Å². The minimum absolute atomic E-state index is 0.566. The lowest BCUT2D eigenvalue weighted by Crippen LogP contribution is -2.46. The van der Waals surface area contributed by atoms with Crippen molar-refractivity contribution in [2.24, 2.45) is 5.73 Å². The highest BCUT2D eigenvalue weighted by Gasteiger charge is 2.18. The number of nitrogens with two attached hydrogens (primary N) is 1. The molecular formula is C13H22N4. The number of hydrogen-bond donors (Lipinski definition) is 1. The lowest BCUT2D eigenvalue weighted by Gasteiger charge is -2.36. The Morgan fingerprint density at radius 1 is 1.29 bits per heavy atom. The van der Waals surface area contributed by atoms with Crippen LogP contribution in [0.3, 0.4) is 0 Å². The largest absolute Gasteiger partial charge is 0.369 e. The first-order valence-electron chi connectivity index (χ1n) is 6.37. The van der Waals surface area contributed by atoms with E-state index >= 15 is 0 Å². The van der Waals surface area contributed by atoms with E-state index in [0.29, 0.717) is 6.54 Å².